The van der Waals surface area contributed by atoms with Crippen LogP contribution < -0.4 is 10.6 Å². The third-order valence-corrected chi connectivity index (χ3v) is 6.74. The van der Waals surface area contributed by atoms with Crippen molar-refractivity contribution in [2.75, 3.05) is 5.75 Å². The Bertz CT molecular complexity index is 1150. The summed E-state index contributed by atoms with van der Waals surface area (Å²) in [5, 5.41) is 16.1. The summed E-state index contributed by atoms with van der Waals surface area (Å²) in [7, 11) is 0. The summed E-state index contributed by atoms with van der Waals surface area (Å²) in [6.07, 6.45) is 0.664. The first-order chi connectivity index (χ1) is 16.8. The second kappa shape index (κ2) is 13.0. The maximum atomic E-state index is 13.0. The molecule has 3 rings (SSSR count). The molecule has 2 N–H and O–H groups in total. The normalized spacial score (nSPS) is 11.9. The molecule has 0 bridgehead atoms. The van der Waals surface area contributed by atoms with Crippen LogP contribution in [0.2, 0.25) is 10.0 Å². The number of rotatable bonds is 11. The summed E-state index contributed by atoms with van der Waals surface area (Å²) < 4.78 is 1.94. The standard InChI is InChI=1S/C25H29Cl2N5O2S/c1-4-32-23(21(12-16(2)3)29-24(34)19-11-10-18(26)13-20(19)27)30-31-25(32)35-15-22(33)28-14-17-8-6-5-7-9-17/h5-11,13,16,21H,4,12,14-15H2,1-3H3,(H,28,33)(H,29,34)/t21-/m0/s1. The Hall–Kier alpha value is -2.55. The van der Waals surface area contributed by atoms with E-state index in [1.54, 1.807) is 18.2 Å². The van der Waals surface area contributed by atoms with Crippen LogP contribution in [0.1, 0.15) is 55.0 Å². The predicted molar refractivity (Wildman–Crippen MR) is 141 cm³/mol. The summed E-state index contributed by atoms with van der Waals surface area (Å²) >= 11 is 13.5. The fourth-order valence-electron chi connectivity index (χ4n) is 3.55. The molecule has 0 fully saturated rings. The fraction of sp³-hybridized carbons (Fsp3) is 0.360. The number of thioether (sulfide) groups is 1. The molecule has 10 heteroatoms. The van der Waals surface area contributed by atoms with Gasteiger partial charge in [-0.25, -0.2) is 0 Å². The summed E-state index contributed by atoms with van der Waals surface area (Å²) in [5.41, 5.74) is 1.38. The second-order valence-corrected chi connectivity index (χ2v) is 10.2. The van der Waals surface area contributed by atoms with Gasteiger partial charge in [0.1, 0.15) is 0 Å². The van der Waals surface area contributed by atoms with Crippen LogP contribution in [0.25, 0.3) is 0 Å². The van der Waals surface area contributed by atoms with Crippen LogP contribution in [0.15, 0.2) is 53.7 Å². The Balaban J connectivity index is 1.70. The molecule has 0 unspecified atom stereocenters. The molecule has 0 aliphatic rings. The van der Waals surface area contributed by atoms with E-state index in [9.17, 15) is 9.59 Å². The van der Waals surface area contributed by atoms with E-state index in [1.807, 2.05) is 41.8 Å². The number of carbonyl (C=O) groups excluding carboxylic acids is 2. The molecule has 0 spiro atoms. The zero-order valence-electron chi connectivity index (χ0n) is 19.9. The van der Waals surface area contributed by atoms with Gasteiger partial charge >= 0.3 is 0 Å². The van der Waals surface area contributed by atoms with Crippen molar-refractivity contribution < 1.29 is 9.59 Å². The Morgan fingerprint density at radius 1 is 1.09 bits per heavy atom. The first-order valence-electron chi connectivity index (χ1n) is 11.4. The minimum absolute atomic E-state index is 0.0875. The van der Waals surface area contributed by atoms with E-state index >= 15 is 0 Å². The van der Waals surface area contributed by atoms with Gasteiger partial charge in [-0.3, -0.25) is 9.59 Å². The van der Waals surface area contributed by atoms with Crippen LogP contribution >= 0.6 is 35.0 Å². The fourth-order valence-corrected chi connectivity index (χ4v) is 4.88. The average molecular weight is 535 g/mol. The van der Waals surface area contributed by atoms with Gasteiger partial charge in [0.15, 0.2) is 11.0 Å². The monoisotopic (exact) mass is 533 g/mol. The Kier molecular flexibility index (Phi) is 10.0. The van der Waals surface area contributed by atoms with Crippen molar-refractivity contribution in [3.05, 3.63) is 75.5 Å². The van der Waals surface area contributed by atoms with Gasteiger partial charge in [0.2, 0.25) is 5.91 Å². The molecule has 3 aromatic rings. The van der Waals surface area contributed by atoms with E-state index in [2.05, 4.69) is 34.7 Å². The maximum absolute atomic E-state index is 13.0. The van der Waals surface area contributed by atoms with Gasteiger partial charge in [-0.15, -0.1) is 10.2 Å². The first-order valence-corrected chi connectivity index (χ1v) is 13.1. The van der Waals surface area contributed by atoms with Gasteiger partial charge in [-0.1, -0.05) is 79.1 Å². The average Bonchev–Trinajstić information content (AvgIpc) is 3.24. The number of carbonyl (C=O) groups is 2. The molecular formula is C25H29Cl2N5O2S. The molecule has 7 nitrogen and oxygen atoms in total. The van der Waals surface area contributed by atoms with Crippen LogP contribution in [0.3, 0.4) is 0 Å². The number of amides is 2. The van der Waals surface area contributed by atoms with Crippen LogP contribution in [-0.4, -0.2) is 32.3 Å². The summed E-state index contributed by atoms with van der Waals surface area (Å²) in [5.74, 6) is 0.759. The quantitative estimate of drug-likeness (QED) is 0.316. The minimum Gasteiger partial charge on any atom is -0.351 e. The SMILES string of the molecule is CCn1c(SCC(=O)NCc2ccccc2)nnc1[C@H](CC(C)C)NC(=O)c1ccc(Cl)cc1Cl. The zero-order chi connectivity index (χ0) is 25.4. The number of nitrogens with one attached hydrogen (secondary N) is 2. The van der Waals surface area contributed by atoms with Crippen LogP contribution in [-0.2, 0) is 17.9 Å². The molecule has 1 aromatic heterocycles. The smallest absolute Gasteiger partial charge is 0.253 e. The third-order valence-electron chi connectivity index (χ3n) is 5.23. The van der Waals surface area contributed by atoms with Crippen molar-refractivity contribution in [3.63, 3.8) is 0 Å². The summed E-state index contributed by atoms with van der Waals surface area (Å²) in [6, 6.07) is 14.2. The lowest BCUT2D eigenvalue weighted by molar-refractivity contribution is -0.118. The van der Waals surface area contributed by atoms with Crippen molar-refractivity contribution in [1.29, 1.82) is 0 Å². The van der Waals surface area contributed by atoms with Gasteiger partial charge in [0, 0.05) is 18.1 Å². The number of aromatic nitrogens is 3. The minimum atomic E-state index is -0.372. The van der Waals surface area contributed by atoms with Crippen LogP contribution in [0.5, 0.6) is 0 Å². The molecule has 1 heterocycles. The highest BCUT2D eigenvalue weighted by molar-refractivity contribution is 7.99. The lowest BCUT2D eigenvalue weighted by atomic mass is 10.0. The molecule has 0 saturated carbocycles. The zero-order valence-corrected chi connectivity index (χ0v) is 22.3. The molecule has 2 aromatic carbocycles. The maximum Gasteiger partial charge on any atom is 0.253 e. The van der Waals surface area contributed by atoms with Crippen LogP contribution in [0, 0.1) is 5.92 Å². The molecule has 2 amide bonds. The van der Waals surface area contributed by atoms with E-state index in [-0.39, 0.29) is 28.6 Å². The van der Waals surface area contributed by atoms with E-state index in [0.29, 0.717) is 47.0 Å². The number of hydrogen-bond donors (Lipinski definition) is 2. The molecule has 0 saturated heterocycles. The Morgan fingerprint density at radius 2 is 1.83 bits per heavy atom. The largest absolute Gasteiger partial charge is 0.351 e. The van der Waals surface area contributed by atoms with Gasteiger partial charge in [0.25, 0.3) is 5.91 Å². The summed E-state index contributed by atoms with van der Waals surface area (Å²) in [4.78, 5) is 25.4. The predicted octanol–water partition coefficient (Wildman–Crippen LogP) is 5.53. The highest BCUT2D eigenvalue weighted by Gasteiger charge is 2.25. The molecule has 35 heavy (non-hydrogen) atoms. The van der Waals surface area contributed by atoms with Gasteiger partial charge in [-0.05, 0) is 43.0 Å². The van der Waals surface area contributed by atoms with Crippen molar-refractivity contribution in [1.82, 2.24) is 25.4 Å². The lowest BCUT2D eigenvalue weighted by Crippen LogP contribution is -2.32. The van der Waals surface area contributed by atoms with Gasteiger partial charge in [-0.2, -0.15) is 0 Å². The Morgan fingerprint density at radius 3 is 2.49 bits per heavy atom. The molecule has 0 aliphatic heterocycles. The van der Waals surface area contributed by atoms with Crippen molar-refractivity contribution in [3.8, 4) is 0 Å². The number of nitrogens with zero attached hydrogens (tertiary/aromatic N) is 3. The number of benzene rings is 2. The van der Waals surface area contributed by atoms with E-state index in [1.165, 1.54) is 11.8 Å². The first kappa shape index (κ1) is 27.0. The van der Waals surface area contributed by atoms with Crippen molar-refractivity contribution in [2.24, 2.45) is 5.92 Å². The molecule has 1 atom stereocenters. The molecular weight excluding hydrogens is 505 g/mol. The van der Waals surface area contributed by atoms with Crippen LogP contribution in [0.4, 0.5) is 0 Å². The third kappa shape index (κ3) is 7.72. The topological polar surface area (TPSA) is 88.9 Å². The number of halogens is 2. The molecule has 0 aliphatic carbocycles. The Labute approximate surface area is 220 Å². The highest BCUT2D eigenvalue weighted by atomic mass is 35.5. The molecule has 186 valence electrons. The van der Waals surface area contributed by atoms with Gasteiger partial charge in [0.05, 0.1) is 22.4 Å². The molecule has 0 radical (unpaired) electrons. The number of hydrogen-bond acceptors (Lipinski definition) is 5. The van der Waals surface area contributed by atoms with Gasteiger partial charge < -0.3 is 15.2 Å². The van der Waals surface area contributed by atoms with Crippen molar-refractivity contribution >= 4 is 46.8 Å². The van der Waals surface area contributed by atoms with E-state index in [4.69, 9.17) is 23.2 Å². The second-order valence-electron chi connectivity index (χ2n) is 8.42. The van der Waals surface area contributed by atoms with Crippen molar-refractivity contribution in [2.45, 2.75) is 51.5 Å². The lowest BCUT2D eigenvalue weighted by Gasteiger charge is -2.21. The highest BCUT2D eigenvalue weighted by Crippen LogP contribution is 2.27. The van der Waals surface area contributed by atoms with E-state index < -0.39 is 0 Å². The van der Waals surface area contributed by atoms with E-state index in [0.717, 1.165) is 5.56 Å². The summed E-state index contributed by atoms with van der Waals surface area (Å²) in [6.45, 7) is 7.21.